The Bertz CT molecular complexity index is 1200. The van der Waals surface area contributed by atoms with Crippen molar-refractivity contribution in [1.82, 2.24) is 0 Å². The number of ketones is 1. The molecule has 0 atom stereocenters. The first-order valence-electron chi connectivity index (χ1n) is 10.7. The van der Waals surface area contributed by atoms with Gasteiger partial charge in [0.15, 0.2) is 5.78 Å². The third-order valence-electron chi connectivity index (χ3n) is 5.02. The molecule has 4 rings (SSSR count). The molecule has 0 radical (unpaired) electrons. The number of hydrogen-bond acceptors (Lipinski definition) is 3. The predicted molar refractivity (Wildman–Crippen MR) is 129 cm³/mol. The molecule has 0 aliphatic carbocycles. The summed E-state index contributed by atoms with van der Waals surface area (Å²) in [5.41, 5.74) is 3.63. The van der Waals surface area contributed by atoms with Gasteiger partial charge < -0.3 is 9.47 Å². The first kappa shape index (κ1) is 22.0. The van der Waals surface area contributed by atoms with Crippen LogP contribution in [-0.4, -0.2) is 19.0 Å². The van der Waals surface area contributed by atoms with Gasteiger partial charge >= 0.3 is 0 Å². The monoisotopic (exact) mass is 438 g/mol. The van der Waals surface area contributed by atoms with Crippen LogP contribution in [0.4, 0.5) is 4.39 Å². The highest BCUT2D eigenvalue weighted by Gasteiger charge is 2.02. The van der Waals surface area contributed by atoms with Crippen molar-refractivity contribution in [2.75, 3.05) is 13.2 Å². The number of halogens is 1. The molecule has 4 heteroatoms. The maximum atomic E-state index is 13.0. The number of hydrogen-bond donors (Lipinski definition) is 0. The molecule has 0 heterocycles. The average Bonchev–Trinajstić information content (AvgIpc) is 2.87. The lowest BCUT2D eigenvalue weighted by atomic mass is 10.1. The van der Waals surface area contributed by atoms with Crippen molar-refractivity contribution in [2.45, 2.75) is 0 Å². The molecule has 0 aliphatic heterocycles. The molecule has 0 N–H and O–H groups in total. The average molecular weight is 438 g/mol. The summed E-state index contributed by atoms with van der Waals surface area (Å²) in [5.74, 6) is 0.978. The van der Waals surface area contributed by atoms with Crippen molar-refractivity contribution in [3.05, 3.63) is 126 Å². The van der Waals surface area contributed by atoms with Gasteiger partial charge in [0.05, 0.1) is 0 Å². The topological polar surface area (TPSA) is 35.5 Å². The largest absolute Gasteiger partial charge is 0.490 e. The zero-order chi connectivity index (χ0) is 22.9. The second-order valence-electron chi connectivity index (χ2n) is 7.36. The van der Waals surface area contributed by atoms with Crippen LogP contribution >= 0.6 is 0 Å². The van der Waals surface area contributed by atoms with E-state index in [0.29, 0.717) is 18.8 Å². The molecule has 0 amide bonds. The minimum Gasteiger partial charge on any atom is -0.490 e. The highest BCUT2D eigenvalue weighted by molar-refractivity contribution is 6.06. The van der Waals surface area contributed by atoms with Crippen LogP contribution < -0.4 is 9.47 Å². The van der Waals surface area contributed by atoms with E-state index in [-0.39, 0.29) is 11.6 Å². The van der Waals surface area contributed by atoms with Crippen LogP contribution in [0.1, 0.15) is 15.9 Å². The predicted octanol–water partition coefficient (Wildman–Crippen LogP) is 6.85. The minimum atomic E-state index is -0.363. The lowest BCUT2D eigenvalue weighted by molar-refractivity contribution is 0.104. The molecule has 0 aliphatic rings. The highest BCUT2D eigenvalue weighted by atomic mass is 19.1. The second-order valence-corrected chi connectivity index (χ2v) is 7.36. The number of rotatable bonds is 9. The van der Waals surface area contributed by atoms with E-state index in [9.17, 15) is 9.18 Å². The van der Waals surface area contributed by atoms with E-state index in [0.717, 1.165) is 22.6 Å². The maximum absolute atomic E-state index is 13.0. The van der Waals surface area contributed by atoms with Gasteiger partial charge in [-0.15, -0.1) is 0 Å². The highest BCUT2D eigenvalue weighted by Crippen LogP contribution is 2.22. The molecule has 0 unspecified atom stereocenters. The Morgan fingerprint density at radius 3 is 1.82 bits per heavy atom. The summed E-state index contributed by atoms with van der Waals surface area (Å²) in [6.07, 6.45) is 3.19. The fourth-order valence-corrected chi connectivity index (χ4v) is 3.25. The van der Waals surface area contributed by atoms with Gasteiger partial charge in [0.2, 0.25) is 0 Å². The van der Waals surface area contributed by atoms with Crippen LogP contribution in [0.2, 0.25) is 0 Å². The molecular weight excluding hydrogens is 415 g/mol. The maximum Gasteiger partial charge on any atom is 0.185 e. The van der Waals surface area contributed by atoms with Gasteiger partial charge in [-0.05, 0) is 71.3 Å². The summed E-state index contributed by atoms with van der Waals surface area (Å²) in [6, 6.07) is 31.1. The van der Waals surface area contributed by atoms with Gasteiger partial charge in [-0.25, -0.2) is 4.39 Å². The first-order chi connectivity index (χ1) is 16.2. The molecule has 0 fully saturated rings. The number of allylic oxidation sites excluding steroid dienone is 1. The van der Waals surface area contributed by atoms with Crippen LogP contribution in [0, 0.1) is 5.82 Å². The Hall–Kier alpha value is -4.18. The van der Waals surface area contributed by atoms with Gasteiger partial charge in [0, 0.05) is 5.56 Å². The Morgan fingerprint density at radius 1 is 0.667 bits per heavy atom. The van der Waals surface area contributed by atoms with Gasteiger partial charge in [-0.2, -0.15) is 0 Å². The third kappa shape index (κ3) is 6.40. The number of carbonyl (C=O) groups excluding carboxylic acids is 1. The Morgan fingerprint density at radius 2 is 1.21 bits per heavy atom. The summed E-state index contributed by atoms with van der Waals surface area (Å²) in [6.45, 7) is 0.844. The van der Waals surface area contributed by atoms with E-state index in [1.807, 2.05) is 66.7 Å². The summed E-state index contributed by atoms with van der Waals surface area (Å²) in [5, 5.41) is 0. The summed E-state index contributed by atoms with van der Waals surface area (Å²) >= 11 is 0. The molecule has 0 saturated heterocycles. The van der Waals surface area contributed by atoms with E-state index in [4.69, 9.17) is 9.47 Å². The van der Waals surface area contributed by atoms with Gasteiger partial charge in [0.1, 0.15) is 30.5 Å². The van der Waals surface area contributed by atoms with Crippen LogP contribution in [0.5, 0.6) is 11.5 Å². The zero-order valence-electron chi connectivity index (χ0n) is 18.0. The number of ether oxygens (including phenoxy) is 2. The molecule has 0 spiro atoms. The van der Waals surface area contributed by atoms with Crippen molar-refractivity contribution in [1.29, 1.82) is 0 Å². The number of benzene rings is 4. The lowest BCUT2D eigenvalue weighted by Gasteiger charge is -2.09. The van der Waals surface area contributed by atoms with Crippen molar-refractivity contribution in [3.8, 4) is 22.6 Å². The molecule has 164 valence electrons. The van der Waals surface area contributed by atoms with E-state index in [1.54, 1.807) is 6.08 Å². The van der Waals surface area contributed by atoms with E-state index < -0.39 is 0 Å². The SMILES string of the molecule is O=C(/C=C/c1ccc(OCCOc2ccc(-c3ccccc3)cc2)cc1)c1ccc(F)cc1. The fraction of sp³-hybridized carbons (Fsp3) is 0.0690. The molecular formula is C29H23FO3. The van der Waals surface area contributed by atoms with Crippen molar-refractivity contribution < 1.29 is 18.7 Å². The van der Waals surface area contributed by atoms with E-state index in [1.165, 1.54) is 35.9 Å². The minimum absolute atomic E-state index is 0.177. The quantitative estimate of drug-likeness (QED) is 0.163. The lowest BCUT2D eigenvalue weighted by Crippen LogP contribution is -2.08. The van der Waals surface area contributed by atoms with Crippen LogP contribution in [0.25, 0.3) is 17.2 Å². The Labute approximate surface area is 192 Å². The number of carbonyl (C=O) groups is 1. The molecule has 33 heavy (non-hydrogen) atoms. The molecule has 4 aromatic carbocycles. The smallest absolute Gasteiger partial charge is 0.185 e. The van der Waals surface area contributed by atoms with Crippen LogP contribution in [0.3, 0.4) is 0 Å². The fourth-order valence-electron chi connectivity index (χ4n) is 3.25. The molecule has 0 saturated carbocycles. The molecule has 0 bridgehead atoms. The first-order valence-corrected chi connectivity index (χ1v) is 10.7. The van der Waals surface area contributed by atoms with Gasteiger partial charge in [-0.3, -0.25) is 4.79 Å². The van der Waals surface area contributed by atoms with Gasteiger partial charge in [-0.1, -0.05) is 60.7 Å². The van der Waals surface area contributed by atoms with E-state index >= 15 is 0 Å². The van der Waals surface area contributed by atoms with Crippen molar-refractivity contribution in [3.63, 3.8) is 0 Å². The second kappa shape index (κ2) is 10.9. The normalized spacial score (nSPS) is 10.8. The van der Waals surface area contributed by atoms with Crippen molar-refractivity contribution >= 4 is 11.9 Å². The zero-order valence-corrected chi connectivity index (χ0v) is 18.0. The summed E-state index contributed by atoms with van der Waals surface area (Å²) in [4.78, 5) is 12.1. The third-order valence-corrected chi connectivity index (χ3v) is 5.02. The van der Waals surface area contributed by atoms with Crippen LogP contribution in [0.15, 0.2) is 109 Å². The van der Waals surface area contributed by atoms with Crippen molar-refractivity contribution in [2.24, 2.45) is 0 Å². The summed E-state index contributed by atoms with van der Waals surface area (Å²) in [7, 11) is 0. The molecule has 4 aromatic rings. The van der Waals surface area contributed by atoms with Crippen LogP contribution in [-0.2, 0) is 0 Å². The molecule has 3 nitrogen and oxygen atoms in total. The van der Waals surface area contributed by atoms with E-state index in [2.05, 4.69) is 12.1 Å². The summed E-state index contributed by atoms with van der Waals surface area (Å²) < 4.78 is 24.5. The standard InChI is InChI=1S/C29H23FO3/c30-26-13-9-25(10-14-26)29(31)19-8-22-6-15-27(16-7-22)32-20-21-33-28-17-11-24(12-18-28)23-4-2-1-3-5-23/h1-19H,20-21H2/b19-8+. The Balaban J connectivity index is 1.22. The van der Waals surface area contributed by atoms with Gasteiger partial charge in [0.25, 0.3) is 0 Å². The molecule has 0 aromatic heterocycles. The Kier molecular flexibility index (Phi) is 7.29.